The van der Waals surface area contributed by atoms with Gasteiger partial charge in [-0.15, -0.1) is 0 Å². The van der Waals surface area contributed by atoms with E-state index in [-0.39, 0.29) is 5.56 Å². The average molecular weight is 233 g/mol. The van der Waals surface area contributed by atoms with Crippen molar-refractivity contribution in [2.24, 2.45) is 0 Å². The van der Waals surface area contributed by atoms with E-state index in [2.05, 4.69) is 0 Å². The predicted octanol–water partition coefficient (Wildman–Crippen LogP) is 3.35. The van der Waals surface area contributed by atoms with Crippen LogP contribution in [0, 0.1) is 0 Å². The molecule has 4 heteroatoms. The number of halogens is 3. The van der Waals surface area contributed by atoms with E-state index >= 15 is 0 Å². The molecule has 0 atom stereocenters. The second-order valence-corrected chi connectivity index (χ2v) is 4.46. The van der Waals surface area contributed by atoms with Crippen molar-refractivity contribution in [2.45, 2.75) is 31.3 Å². The average Bonchev–Trinajstić information content (AvgIpc) is 2.87. The third kappa shape index (κ3) is 2.47. The lowest BCUT2D eigenvalue weighted by Crippen LogP contribution is -2.11. The zero-order valence-corrected chi connectivity index (χ0v) is 8.77. The van der Waals surface area contributed by atoms with Crippen molar-refractivity contribution in [3.63, 3.8) is 0 Å². The minimum atomic E-state index is -2.49. The van der Waals surface area contributed by atoms with Gasteiger partial charge in [0, 0.05) is 17.0 Å². The van der Waals surface area contributed by atoms with Crippen LogP contribution >= 0.6 is 11.6 Å². The first-order chi connectivity index (χ1) is 7.00. The zero-order valence-electron chi connectivity index (χ0n) is 8.01. The third-order valence-electron chi connectivity index (χ3n) is 2.67. The molecular weight excluding hydrogens is 222 g/mol. The van der Waals surface area contributed by atoms with Crippen molar-refractivity contribution < 1.29 is 13.9 Å². The Kier molecular flexibility index (Phi) is 2.69. The van der Waals surface area contributed by atoms with E-state index in [1.54, 1.807) is 0 Å². The monoisotopic (exact) mass is 232 g/mol. The molecule has 0 aromatic heterocycles. The quantitative estimate of drug-likeness (QED) is 0.848. The lowest BCUT2D eigenvalue weighted by atomic mass is 10.0. The first-order valence-electron chi connectivity index (χ1n) is 4.79. The Bertz CT molecular complexity index is 375. The Balaban J connectivity index is 2.24. The molecule has 15 heavy (non-hydrogen) atoms. The molecule has 0 bridgehead atoms. The maximum absolute atomic E-state index is 12.4. The molecule has 0 saturated heterocycles. The predicted molar refractivity (Wildman–Crippen MR) is 54.3 cm³/mol. The molecule has 0 radical (unpaired) electrons. The van der Waals surface area contributed by atoms with Crippen molar-refractivity contribution in [1.82, 2.24) is 0 Å². The molecule has 1 aliphatic rings. The minimum absolute atomic E-state index is 0.0429. The summed E-state index contributed by atoms with van der Waals surface area (Å²) in [6.45, 7) is 0. The van der Waals surface area contributed by atoms with Crippen molar-refractivity contribution in [3.05, 3.63) is 34.3 Å². The lowest BCUT2D eigenvalue weighted by molar-refractivity contribution is 0.147. The van der Waals surface area contributed by atoms with Crippen LogP contribution in [-0.2, 0) is 6.42 Å². The van der Waals surface area contributed by atoms with Gasteiger partial charge in [-0.3, -0.25) is 0 Å². The number of hydrogen-bond donors (Lipinski definition) is 1. The van der Waals surface area contributed by atoms with Crippen LogP contribution in [-0.4, -0.2) is 10.7 Å². The maximum atomic E-state index is 12.4. The first-order valence-corrected chi connectivity index (χ1v) is 5.17. The van der Waals surface area contributed by atoms with Crippen LogP contribution in [0.5, 0.6) is 0 Å². The smallest absolute Gasteiger partial charge is 0.263 e. The molecule has 1 fully saturated rings. The maximum Gasteiger partial charge on any atom is 0.263 e. The Morgan fingerprint density at radius 3 is 2.60 bits per heavy atom. The van der Waals surface area contributed by atoms with Gasteiger partial charge in [-0.2, -0.15) is 0 Å². The molecule has 1 N–H and O–H groups in total. The molecule has 0 spiro atoms. The molecule has 0 amide bonds. The summed E-state index contributed by atoms with van der Waals surface area (Å²) in [6.07, 6.45) is -0.675. The summed E-state index contributed by atoms with van der Waals surface area (Å²) in [6, 6.07) is 4.15. The molecular formula is C11H11ClF2O. The van der Waals surface area contributed by atoms with Gasteiger partial charge >= 0.3 is 0 Å². The summed E-state index contributed by atoms with van der Waals surface area (Å²) >= 11 is 5.88. The summed E-state index contributed by atoms with van der Waals surface area (Å²) in [4.78, 5) is 0. The van der Waals surface area contributed by atoms with Crippen LogP contribution in [0.3, 0.4) is 0 Å². The van der Waals surface area contributed by atoms with Gasteiger partial charge in [0.1, 0.15) is 0 Å². The van der Waals surface area contributed by atoms with Crippen molar-refractivity contribution in [3.8, 4) is 0 Å². The van der Waals surface area contributed by atoms with Gasteiger partial charge in [-0.1, -0.05) is 17.7 Å². The summed E-state index contributed by atoms with van der Waals surface area (Å²) < 4.78 is 24.8. The molecule has 1 nitrogen and oxygen atoms in total. The second kappa shape index (κ2) is 3.72. The third-order valence-corrected chi connectivity index (χ3v) is 3.04. The van der Waals surface area contributed by atoms with Crippen LogP contribution in [0.2, 0.25) is 5.02 Å². The highest BCUT2D eigenvalue weighted by atomic mass is 35.5. The van der Waals surface area contributed by atoms with E-state index < -0.39 is 12.0 Å². The van der Waals surface area contributed by atoms with Crippen LogP contribution in [0.1, 0.15) is 30.4 Å². The Morgan fingerprint density at radius 1 is 1.40 bits per heavy atom. The highest BCUT2D eigenvalue weighted by Crippen LogP contribution is 2.40. The van der Waals surface area contributed by atoms with Crippen LogP contribution < -0.4 is 0 Å². The van der Waals surface area contributed by atoms with Gasteiger partial charge in [0.15, 0.2) is 0 Å². The normalized spacial score (nSPS) is 18.2. The van der Waals surface area contributed by atoms with E-state index in [9.17, 15) is 13.9 Å². The molecule has 1 aromatic carbocycles. The number of alkyl halides is 2. The number of hydrogen-bond acceptors (Lipinski definition) is 1. The number of aliphatic hydroxyl groups is 1. The number of rotatable bonds is 3. The van der Waals surface area contributed by atoms with Gasteiger partial charge in [0.05, 0.1) is 5.60 Å². The largest absolute Gasteiger partial charge is 0.390 e. The van der Waals surface area contributed by atoms with Gasteiger partial charge in [0.2, 0.25) is 0 Å². The van der Waals surface area contributed by atoms with E-state index in [1.807, 2.05) is 0 Å². The molecule has 0 aliphatic heterocycles. The van der Waals surface area contributed by atoms with Gasteiger partial charge in [0.25, 0.3) is 6.43 Å². The zero-order chi connectivity index (χ0) is 11.1. The van der Waals surface area contributed by atoms with Crippen LogP contribution in [0.25, 0.3) is 0 Å². The van der Waals surface area contributed by atoms with E-state index in [4.69, 9.17) is 11.6 Å². The van der Waals surface area contributed by atoms with Crippen molar-refractivity contribution >= 4 is 11.6 Å². The van der Waals surface area contributed by atoms with Gasteiger partial charge in [-0.25, -0.2) is 8.78 Å². The highest BCUT2D eigenvalue weighted by Gasteiger charge is 2.40. The summed E-state index contributed by atoms with van der Waals surface area (Å²) in [5.74, 6) is 0. The van der Waals surface area contributed by atoms with Gasteiger partial charge < -0.3 is 5.11 Å². The fourth-order valence-corrected chi connectivity index (χ4v) is 1.73. The Hall–Kier alpha value is -0.670. The first kappa shape index (κ1) is 10.8. The fraction of sp³-hybridized carbons (Fsp3) is 0.455. The van der Waals surface area contributed by atoms with Crippen LogP contribution in [0.4, 0.5) is 8.78 Å². The molecule has 1 aromatic rings. The molecule has 0 unspecified atom stereocenters. The second-order valence-electron chi connectivity index (χ2n) is 4.05. The summed E-state index contributed by atoms with van der Waals surface area (Å²) in [5, 5.41) is 10.1. The van der Waals surface area contributed by atoms with Gasteiger partial charge in [-0.05, 0) is 30.5 Å². The van der Waals surface area contributed by atoms with E-state index in [1.165, 1.54) is 18.2 Å². The molecule has 1 saturated carbocycles. The summed E-state index contributed by atoms with van der Waals surface area (Å²) in [7, 11) is 0. The fourth-order valence-electron chi connectivity index (χ4n) is 1.54. The molecule has 1 aliphatic carbocycles. The standard InChI is InChI=1S/C11H11ClF2O/c12-9-2-1-7(10(13)14)5-8(9)6-11(15)3-4-11/h1-2,5,10,15H,3-4,6H2. The SMILES string of the molecule is OC1(Cc2cc(C(F)F)ccc2Cl)CC1. The minimum Gasteiger partial charge on any atom is -0.390 e. The molecule has 0 heterocycles. The summed E-state index contributed by atoms with van der Waals surface area (Å²) in [5.41, 5.74) is -0.141. The Labute approximate surface area is 91.7 Å². The van der Waals surface area contributed by atoms with Crippen molar-refractivity contribution in [1.29, 1.82) is 0 Å². The highest BCUT2D eigenvalue weighted by molar-refractivity contribution is 6.31. The van der Waals surface area contributed by atoms with E-state index in [0.717, 1.165) is 12.8 Å². The molecule has 2 rings (SSSR count). The Morgan fingerprint density at radius 2 is 2.07 bits per heavy atom. The van der Waals surface area contributed by atoms with Crippen molar-refractivity contribution in [2.75, 3.05) is 0 Å². The lowest BCUT2D eigenvalue weighted by Gasteiger charge is -2.10. The topological polar surface area (TPSA) is 20.2 Å². The molecule has 82 valence electrons. The van der Waals surface area contributed by atoms with Crippen LogP contribution in [0.15, 0.2) is 18.2 Å². The number of benzene rings is 1. The van der Waals surface area contributed by atoms with E-state index in [0.29, 0.717) is 17.0 Å².